The Labute approximate surface area is 213 Å². The van der Waals surface area contributed by atoms with Crippen LogP contribution in [0, 0.1) is 5.92 Å². The van der Waals surface area contributed by atoms with Crippen LogP contribution in [0.5, 0.6) is 5.75 Å². The molecule has 7 nitrogen and oxygen atoms in total. The summed E-state index contributed by atoms with van der Waals surface area (Å²) in [4.78, 5) is 26.3. The molecule has 1 N–H and O–H groups in total. The fourth-order valence-corrected chi connectivity index (χ4v) is 5.30. The van der Waals surface area contributed by atoms with Crippen LogP contribution in [0.1, 0.15) is 16.7 Å². The Hall–Kier alpha value is -3.82. The van der Waals surface area contributed by atoms with E-state index in [0.717, 1.165) is 23.1 Å². The Morgan fingerprint density at radius 2 is 1.89 bits per heavy atom. The van der Waals surface area contributed by atoms with Gasteiger partial charge in [0, 0.05) is 44.3 Å². The molecule has 0 unspecified atom stereocenters. The predicted molar refractivity (Wildman–Crippen MR) is 134 cm³/mol. The zero-order valence-corrected chi connectivity index (χ0v) is 20.4. The minimum atomic E-state index is -4.44. The highest BCUT2D eigenvalue weighted by Gasteiger charge is 2.43. The van der Waals surface area contributed by atoms with Crippen LogP contribution in [-0.4, -0.2) is 55.2 Å². The highest BCUT2D eigenvalue weighted by atomic mass is 19.4. The number of rotatable bonds is 6. The number of alkyl halides is 3. The fraction of sp³-hybridized carbons (Fsp3) is 0.370. The molecular formula is C27H28F3N5O2. The van der Waals surface area contributed by atoms with Crippen molar-refractivity contribution in [1.82, 2.24) is 15.3 Å². The first-order valence-electron chi connectivity index (χ1n) is 12.2. The molecule has 1 saturated heterocycles. The maximum absolute atomic E-state index is 13.5. The summed E-state index contributed by atoms with van der Waals surface area (Å²) >= 11 is 0. The Morgan fingerprint density at radius 1 is 1.11 bits per heavy atom. The molecule has 0 aliphatic carbocycles. The number of hydrogen-bond donors (Lipinski definition) is 1. The number of para-hydroxylation sites is 1. The van der Waals surface area contributed by atoms with Crippen LogP contribution >= 0.6 is 0 Å². The Kier molecular flexibility index (Phi) is 6.90. The molecule has 1 amide bonds. The number of aromatic nitrogens is 2. The predicted octanol–water partition coefficient (Wildman–Crippen LogP) is 3.73. The third-order valence-electron chi connectivity index (χ3n) is 7.10. The molecule has 2 aliphatic heterocycles. The molecule has 0 spiro atoms. The van der Waals surface area contributed by atoms with E-state index in [9.17, 15) is 18.0 Å². The SMILES string of the molecule is COc1ccccc1CCNC(=O)[C@H]1Cc2cc(C(F)(F)F)ccc2N2CCN(c3ncccn3)C[C@@H]12. The Bertz CT molecular complexity index is 1250. The number of halogens is 3. The van der Waals surface area contributed by atoms with Gasteiger partial charge in [0.15, 0.2) is 0 Å². The lowest BCUT2D eigenvalue weighted by Gasteiger charge is -2.49. The number of carbonyl (C=O) groups is 1. The highest BCUT2D eigenvalue weighted by molar-refractivity contribution is 5.82. The van der Waals surface area contributed by atoms with E-state index in [0.29, 0.717) is 44.1 Å². The highest BCUT2D eigenvalue weighted by Crippen LogP contribution is 2.40. The minimum absolute atomic E-state index is 0.177. The first kappa shape index (κ1) is 24.9. The number of nitrogens with one attached hydrogen (secondary N) is 1. The second-order valence-electron chi connectivity index (χ2n) is 9.26. The number of fused-ring (bicyclic) bond motifs is 3. The second kappa shape index (κ2) is 10.3. The van der Waals surface area contributed by atoms with Crippen molar-refractivity contribution in [2.45, 2.75) is 25.1 Å². The topological polar surface area (TPSA) is 70.6 Å². The van der Waals surface area contributed by atoms with Gasteiger partial charge in [-0.25, -0.2) is 9.97 Å². The smallest absolute Gasteiger partial charge is 0.416 e. The molecule has 0 bridgehead atoms. The van der Waals surface area contributed by atoms with Crippen molar-refractivity contribution in [3.8, 4) is 5.75 Å². The van der Waals surface area contributed by atoms with Crippen molar-refractivity contribution in [3.63, 3.8) is 0 Å². The zero-order valence-electron chi connectivity index (χ0n) is 20.4. The molecule has 2 atom stereocenters. The van der Waals surface area contributed by atoms with Crippen LogP contribution in [0.2, 0.25) is 0 Å². The van der Waals surface area contributed by atoms with E-state index in [1.807, 2.05) is 29.2 Å². The zero-order chi connectivity index (χ0) is 26.0. The molecule has 3 heterocycles. The normalized spacial score (nSPS) is 19.1. The van der Waals surface area contributed by atoms with Crippen LogP contribution in [0.4, 0.5) is 24.8 Å². The van der Waals surface area contributed by atoms with Crippen LogP contribution in [0.3, 0.4) is 0 Å². The molecule has 1 fully saturated rings. The molecule has 2 aromatic carbocycles. The molecule has 3 aromatic rings. The summed E-state index contributed by atoms with van der Waals surface area (Å²) < 4.78 is 45.7. The van der Waals surface area contributed by atoms with Gasteiger partial charge in [0.25, 0.3) is 0 Å². The van der Waals surface area contributed by atoms with E-state index in [4.69, 9.17) is 4.74 Å². The quantitative estimate of drug-likeness (QED) is 0.544. The molecular weight excluding hydrogens is 483 g/mol. The van der Waals surface area contributed by atoms with E-state index < -0.39 is 17.7 Å². The summed E-state index contributed by atoms with van der Waals surface area (Å²) in [6, 6.07) is 13.0. The first-order chi connectivity index (χ1) is 17.8. The van der Waals surface area contributed by atoms with Gasteiger partial charge in [0.05, 0.1) is 24.6 Å². The average molecular weight is 512 g/mol. The molecule has 5 rings (SSSR count). The molecule has 0 radical (unpaired) electrons. The summed E-state index contributed by atoms with van der Waals surface area (Å²) in [5, 5.41) is 3.02. The van der Waals surface area contributed by atoms with Gasteiger partial charge in [-0.2, -0.15) is 13.2 Å². The molecule has 194 valence electrons. The standard InChI is InChI=1S/C27H28F3N5O2/c1-37-24-6-3-2-5-18(24)9-12-31-25(36)21-16-19-15-20(27(28,29)30)7-8-22(19)35-14-13-34(17-23(21)35)26-32-10-4-11-33-26/h2-8,10-11,15,21,23H,9,12-14,16-17H2,1H3,(H,31,36)/t21-,23-/m0/s1. The van der Waals surface area contributed by atoms with Gasteiger partial charge < -0.3 is 19.9 Å². The van der Waals surface area contributed by atoms with Gasteiger partial charge in [0.2, 0.25) is 11.9 Å². The van der Waals surface area contributed by atoms with E-state index in [1.54, 1.807) is 25.6 Å². The summed E-state index contributed by atoms with van der Waals surface area (Å²) in [6.45, 7) is 2.04. The molecule has 1 aromatic heterocycles. The number of nitrogens with zero attached hydrogens (tertiary/aromatic N) is 4. The van der Waals surface area contributed by atoms with Crippen molar-refractivity contribution in [1.29, 1.82) is 0 Å². The number of ether oxygens (including phenoxy) is 1. The number of hydrogen-bond acceptors (Lipinski definition) is 6. The van der Waals surface area contributed by atoms with Gasteiger partial charge in [-0.05, 0) is 54.3 Å². The van der Waals surface area contributed by atoms with Crippen molar-refractivity contribution in [2.24, 2.45) is 5.92 Å². The van der Waals surface area contributed by atoms with Crippen LogP contribution < -0.4 is 19.9 Å². The van der Waals surface area contributed by atoms with Crippen LogP contribution in [0.15, 0.2) is 60.9 Å². The Balaban J connectivity index is 1.39. The molecule has 0 saturated carbocycles. The molecule has 10 heteroatoms. The Morgan fingerprint density at radius 3 is 2.65 bits per heavy atom. The van der Waals surface area contributed by atoms with E-state index in [1.165, 1.54) is 12.1 Å². The number of carbonyl (C=O) groups excluding carboxylic acids is 1. The van der Waals surface area contributed by atoms with Crippen molar-refractivity contribution in [3.05, 3.63) is 77.6 Å². The summed E-state index contributed by atoms with van der Waals surface area (Å²) in [5.41, 5.74) is 1.57. The van der Waals surface area contributed by atoms with Crippen molar-refractivity contribution < 1.29 is 22.7 Å². The second-order valence-corrected chi connectivity index (χ2v) is 9.26. The van der Waals surface area contributed by atoms with Crippen LogP contribution in [-0.2, 0) is 23.8 Å². The number of benzene rings is 2. The van der Waals surface area contributed by atoms with E-state index in [2.05, 4.69) is 20.2 Å². The summed E-state index contributed by atoms with van der Waals surface area (Å²) in [5.74, 6) is 0.625. The van der Waals surface area contributed by atoms with Crippen LogP contribution in [0.25, 0.3) is 0 Å². The summed E-state index contributed by atoms with van der Waals surface area (Å²) in [7, 11) is 1.60. The van der Waals surface area contributed by atoms with Gasteiger partial charge in [-0.3, -0.25) is 4.79 Å². The van der Waals surface area contributed by atoms with Gasteiger partial charge in [-0.1, -0.05) is 18.2 Å². The van der Waals surface area contributed by atoms with Gasteiger partial charge >= 0.3 is 6.18 Å². The monoisotopic (exact) mass is 511 g/mol. The van der Waals surface area contributed by atoms with Gasteiger partial charge in [-0.15, -0.1) is 0 Å². The number of anilines is 2. The average Bonchev–Trinajstić information content (AvgIpc) is 2.92. The van der Waals surface area contributed by atoms with E-state index >= 15 is 0 Å². The minimum Gasteiger partial charge on any atom is -0.496 e. The van der Waals surface area contributed by atoms with Gasteiger partial charge in [0.1, 0.15) is 5.75 Å². The summed E-state index contributed by atoms with van der Waals surface area (Å²) in [6.07, 6.45) is -0.293. The lowest BCUT2D eigenvalue weighted by Crippen LogP contribution is -2.61. The largest absolute Gasteiger partial charge is 0.496 e. The maximum Gasteiger partial charge on any atom is 0.416 e. The first-order valence-corrected chi connectivity index (χ1v) is 12.2. The van der Waals surface area contributed by atoms with Crippen molar-refractivity contribution >= 4 is 17.5 Å². The van der Waals surface area contributed by atoms with E-state index in [-0.39, 0.29) is 18.4 Å². The fourth-order valence-electron chi connectivity index (χ4n) is 5.30. The number of methoxy groups -OCH3 is 1. The maximum atomic E-state index is 13.5. The lowest BCUT2D eigenvalue weighted by atomic mass is 9.82. The number of piperazine rings is 1. The lowest BCUT2D eigenvalue weighted by molar-refractivity contribution is -0.137. The third-order valence-corrected chi connectivity index (χ3v) is 7.10. The third kappa shape index (κ3) is 5.19. The van der Waals surface area contributed by atoms with Crippen molar-refractivity contribution in [2.75, 3.05) is 43.1 Å². The molecule has 2 aliphatic rings. The number of amides is 1. The molecule has 37 heavy (non-hydrogen) atoms.